The van der Waals surface area contributed by atoms with Gasteiger partial charge in [-0.2, -0.15) is 4.68 Å². The first-order valence-electron chi connectivity index (χ1n) is 10.7. The van der Waals surface area contributed by atoms with Crippen molar-refractivity contribution >= 4 is 22.3 Å². The number of benzene rings is 3. The van der Waals surface area contributed by atoms with Crippen LogP contribution >= 0.6 is 0 Å². The molecule has 4 aromatic rings. The van der Waals surface area contributed by atoms with Crippen molar-refractivity contribution in [2.24, 2.45) is 4.99 Å². The van der Waals surface area contributed by atoms with Crippen molar-refractivity contribution in [1.82, 2.24) is 20.2 Å². The third kappa shape index (κ3) is 3.89. The smallest absolute Gasteiger partial charge is 0.158 e. The van der Waals surface area contributed by atoms with Gasteiger partial charge in [-0.05, 0) is 38.9 Å². The van der Waals surface area contributed by atoms with Gasteiger partial charge < -0.3 is 0 Å². The standard InChI is InChI=1S/C23H19N5O.C2H6/c1-2-22-25-26-27-28(22)17-10-7-16(8-11-17)23-20-12-9-15-5-3-4-6-19(15)21(20)13-18(29)14-24-23;1-2/h3-12H,2,13-14H2,1H3;1-2H3. The van der Waals surface area contributed by atoms with E-state index in [1.54, 1.807) is 4.68 Å². The molecule has 0 radical (unpaired) electrons. The van der Waals surface area contributed by atoms with E-state index in [-0.39, 0.29) is 12.3 Å². The van der Waals surface area contributed by atoms with Crippen LogP contribution in [0.1, 0.15) is 43.3 Å². The molecule has 156 valence electrons. The van der Waals surface area contributed by atoms with Gasteiger partial charge in [-0.3, -0.25) is 9.79 Å². The van der Waals surface area contributed by atoms with Crippen molar-refractivity contribution in [2.75, 3.05) is 6.54 Å². The minimum absolute atomic E-state index is 0.135. The Morgan fingerprint density at radius 2 is 1.74 bits per heavy atom. The van der Waals surface area contributed by atoms with Crippen LogP contribution in [-0.2, 0) is 17.6 Å². The first-order valence-corrected chi connectivity index (χ1v) is 10.7. The minimum atomic E-state index is 0.135. The molecule has 0 aliphatic carbocycles. The maximum absolute atomic E-state index is 12.4. The summed E-state index contributed by atoms with van der Waals surface area (Å²) >= 11 is 0. The molecule has 5 rings (SSSR count). The molecule has 0 amide bonds. The fourth-order valence-electron chi connectivity index (χ4n) is 3.89. The number of aromatic nitrogens is 4. The predicted molar refractivity (Wildman–Crippen MR) is 123 cm³/mol. The lowest BCUT2D eigenvalue weighted by atomic mass is 9.91. The van der Waals surface area contributed by atoms with E-state index in [1.165, 1.54) is 0 Å². The van der Waals surface area contributed by atoms with Crippen molar-refractivity contribution < 1.29 is 4.79 Å². The molecular formula is C25H25N5O. The molecule has 31 heavy (non-hydrogen) atoms. The van der Waals surface area contributed by atoms with Gasteiger partial charge in [0, 0.05) is 24.0 Å². The van der Waals surface area contributed by atoms with E-state index < -0.39 is 0 Å². The fourth-order valence-corrected chi connectivity index (χ4v) is 3.89. The number of aliphatic imine (C=N–C) groups is 1. The highest BCUT2D eigenvalue weighted by Crippen LogP contribution is 2.28. The number of nitrogens with zero attached hydrogens (tertiary/aromatic N) is 5. The van der Waals surface area contributed by atoms with Crippen LogP contribution in [0.4, 0.5) is 0 Å². The molecule has 0 spiro atoms. The maximum atomic E-state index is 12.4. The van der Waals surface area contributed by atoms with Crippen molar-refractivity contribution in [2.45, 2.75) is 33.6 Å². The Labute approximate surface area is 181 Å². The van der Waals surface area contributed by atoms with Crippen LogP contribution in [0.25, 0.3) is 16.5 Å². The predicted octanol–water partition coefficient (Wildman–Crippen LogP) is 4.37. The van der Waals surface area contributed by atoms with Gasteiger partial charge in [0.15, 0.2) is 11.6 Å². The summed E-state index contributed by atoms with van der Waals surface area (Å²) in [6.45, 7) is 6.22. The molecule has 6 heteroatoms. The molecule has 0 bridgehead atoms. The summed E-state index contributed by atoms with van der Waals surface area (Å²) in [7, 11) is 0. The zero-order chi connectivity index (χ0) is 21.8. The highest BCUT2D eigenvalue weighted by atomic mass is 16.1. The van der Waals surface area contributed by atoms with Gasteiger partial charge in [-0.15, -0.1) is 5.10 Å². The summed E-state index contributed by atoms with van der Waals surface area (Å²) in [5, 5.41) is 14.1. The second-order valence-electron chi connectivity index (χ2n) is 7.10. The molecule has 0 unspecified atom stereocenters. The Balaban J connectivity index is 0.00000112. The number of carbonyl (C=O) groups excluding carboxylic acids is 1. The average molecular weight is 412 g/mol. The monoisotopic (exact) mass is 411 g/mol. The molecule has 1 aliphatic rings. The van der Waals surface area contributed by atoms with Crippen molar-refractivity contribution in [3.05, 3.63) is 83.2 Å². The summed E-state index contributed by atoms with van der Waals surface area (Å²) in [5.41, 5.74) is 4.82. The first kappa shape index (κ1) is 20.6. The molecule has 1 aliphatic heterocycles. The quantitative estimate of drug-likeness (QED) is 0.502. The van der Waals surface area contributed by atoms with Crippen LogP contribution in [0.3, 0.4) is 0 Å². The van der Waals surface area contributed by atoms with Gasteiger partial charge in [0.05, 0.1) is 17.9 Å². The lowest BCUT2D eigenvalue weighted by molar-refractivity contribution is -0.117. The molecule has 6 nitrogen and oxygen atoms in total. The van der Waals surface area contributed by atoms with Crippen LogP contribution in [0.15, 0.2) is 65.7 Å². The van der Waals surface area contributed by atoms with Crippen molar-refractivity contribution in [3.63, 3.8) is 0 Å². The topological polar surface area (TPSA) is 73.0 Å². The number of rotatable bonds is 3. The van der Waals surface area contributed by atoms with Crippen LogP contribution in [0.5, 0.6) is 0 Å². The van der Waals surface area contributed by atoms with E-state index in [1.807, 2.05) is 57.2 Å². The number of Topliss-reactive ketones (excluding diaryl/α,β-unsaturated/α-hetero) is 1. The Morgan fingerprint density at radius 3 is 2.52 bits per heavy atom. The van der Waals surface area contributed by atoms with E-state index >= 15 is 0 Å². The molecule has 3 aromatic carbocycles. The minimum Gasteiger partial charge on any atom is -0.297 e. The van der Waals surface area contributed by atoms with Gasteiger partial charge in [0.25, 0.3) is 0 Å². The number of hydrogen-bond acceptors (Lipinski definition) is 5. The summed E-state index contributed by atoms with van der Waals surface area (Å²) in [5.74, 6) is 0.947. The number of aryl methyl sites for hydroxylation is 1. The van der Waals surface area contributed by atoms with Crippen LogP contribution < -0.4 is 0 Å². The van der Waals surface area contributed by atoms with E-state index in [0.29, 0.717) is 6.42 Å². The largest absolute Gasteiger partial charge is 0.297 e. The second kappa shape index (κ2) is 9.00. The molecule has 0 saturated carbocycles. The third-order valence-corrected chi connectivity index (χ3v) is 5.32. The highest BCUT2D eigenvalue weighted by molar-refractivity contribution is 6.17. The molecular weight excluding hydrogens is 386 g/mol. The van der Waals surface area contributed by atoms with Crippen LogP contribution in [-0.4, -0.2) is 38.2 Å². The van der Waals surface area contributed by atoms with Gasteiger partial charge in [0.1, 0.15) is 0 Å². The van der Waals surface area contributed by atoms with Gasteiger partial charge in [0.2, 0.25) is 0 Å². The highest BCUT2D eigenvalue weighted by Gasteiger charge is 2.20. The second-order valence-corrected chi connectivity index (χ2v) is 7.10. The van der Waals surface area contributed by atoms with E-state index in [9.17, 15) is 4.79 Å². The van der Waals surface area contributed by atoms with Crippen LogP contribution in [0.2, 0.25) is 0 Å². The number of fused-ring (bicyclic) bond motifs is 3. The SMILES string of the molecule is CC.CCc1nnnn1-c1ccc(C2=NCC(=O)Cc3c2ccc2ccccc32)cc1. The van der Waals surface area contributed by atoms with E-state index in [0.717, 1.165) is 51.1 Å². The first-order chi connectivity index (χ1) is 15.2. The van der Waals surface area contributed by atoms with Gasteiger partial charge in [-0.25, -0.2) is 0 Å². The Hall–Kier alpha value is -3.67. The molecule has 0 fully saturated rings. The zero-order valence-electron chi connectivity index (χ0n) is 18.0. The molecule has 0 N–H and O–H groups in total. The Kier molecular flexibility index (Phi) is 5.98. The Bertz CT molecular complexity index is 1250. The van der Waals surface area contributed by atoms with E-state index in [4.69, 9.17) is 0 Å². The van der Waals surface area contributed by atoms with Crippen molar-refractivity contribution in [3.8, 4) is 5.69 Å². The maximum Gasteiger partial charge on any atom is 0.158 e. The summed E-state index contributed by atoms with van der Waals surface area (Å²) < 4.78 is 1.74. The zero-order valence-corrected chi connectivity index (χ0v) is 18.0. The van der Waals surface area contributed by atoms with Crippen LogP contribution in [0, 0.1) is 0 Å². The number of ketones is 1. The molecule has 2 heterocycles. The molecule has 0 atom stereocenters. The fraction of sp³-hybridized carbons (Fsp3) is 0.240. The Morgan fingerprint density at radius 1 is 0.968 bits per heavy atom. The number of tetrazole rings is 1. The van der Waals surface area contributed by atoms with Crippen molar-refractivity contribution in [1.29, 1.82) is 0 Å². The lowest BCUT2D eigenvalue weighted by Crippen LogP contribution is -2.08. The summed E-state index contributed by atoms with van der Waals surface area (Å²) in [6.07, 6.45) is 1.16. The van der Waals surface area contributed by atoms with Gasteiger partial charge >= 0.3 is 0 Å². The molecule has 0 saturated heterocycles. The van der Waals surface area contributed by atoms with E-state index in [2.05, 4.69) is 44.8 Å². The van der Waals surface area contributed by atoms with Gasteiger partial charge in [-0.1, -0.05) is 69.3 Å². The summed E-state index contributed by atoms with van der Waals surface area (Å²) in [4.78, 5) is 17.1. The molecule has 1 aromatic heterocycles. The normalized spacial score (nSPS) is 13.1. The summed E-state index contributed by atoms with van der Waals surface area (Å²) in [6, 6.07) is 20.4. The lowest BCUT2D eigenvalue weighted by Gasteiger charge is -2.13. The average Bonchev–Trinajstić information content (AvgIpc) is 3.24. The number of hydrogen-bond donors (Lipinski definition) is 0. The number of carbonyl (C=O) groups is 1. The third-order valence-electron chi connectivity index (χ3n) is 5.32.